The van der Waals surface area contributed by atoms with Crippen LogP contribution in [0.5, 0.6) is 0 Å². The minimum Gasteiger partial charge on any atom is -0.461 e. The maximum atomic E-state index is 6.13. The zero-order valence-corrected chi connectivity index (χ0v) is 12.0. The van der Waals surface area contributed by atoms with Gasteiger partial charge in [0.15, 0.2) is 0 Å². The molecule has 0 radical (unpaired) electrons. The lowest BCUT2D eigenvalue weighted by molar-refractivity contribution is 0.538. The number of furan rings is 2. The average molecular weight is 285 g/mol. The van der Waals surface area contributed by atoms with Crippen molar-refractivity contribution in [3.63, 3.8) is 0 Å². The van der Waals surface area contributed by atoms with Crippen molar-refractivity contribution in [2.45, 2.75) is 20.3 Å². The molecule has 0 amide bonds. The summed E-state index contributed by atoms with van der Waals surface area (Å²) in [5, 5.41) is 1.73. The summed E-state index contributed by atoms with van der Waals surface area (Å²) in [6, 6.07) is 7.79. The molecule has 4 rings (SSSR count). The van der Waals surface area contributed by atoms with Gasteiger partial charge >= 0.3 is 0 Å². The first-order valence-electron chi connectivity index (χ1n) is 6.62. The molecule has 0 N–H and O–H groups in total. The van der Waals surface area contributed by atoms with E-state index in [1.54, 1.807) is 0 Å². The van der Waals surface area contributed by atoms with Gasteiger partial charge in [-0.05, 0) is 43.7 Å². The molecule has 2 nitrogen and oxygen atoms in total. The number of aryl methyl sites for hydroxylation is 1. The van der Waals surface area contributed by atoms with E-state index in [1.165, 1.54) is 5.57 Å². The molecule has 2 aromatic heterocycles. The predicted molar refractivity (Wildman–Crippen MR) is 81.0 cm³/mol. The summed E-state index contributed by atoms with van der Waals surface area (Å²) in [7, 11) is 0. The Kier molecular flexibility index (Phi) is 2.39. The van der Waals surface area contributed by atoms with E-state index in [0.29, 0.717) is 5.02 Å². The van der Waals surface area contributed by atoms with Gasteiger partial charge in [0, 0.05) is 22.4 Å². The summed E-state index contributed by atoms with van der Waals surface area (Å²) < 4.78 is 11.9. The first-order chi connectivity index (χ1) is 9.63. The lowest BCUT2D eigenvalue weighted by atomic mass is 10.0. The van der Waals surface area contributed by atoms with Crippen LogP contribution in [0.25, 0.3) is 27.9 Å². The fourth-order valence-electron chi connectivity index (χ4n) is 2.86. The number of rotatable bonds is 0. The Bertz CT molecular complexity index is 865. The van der Waals surface area contributed by atoms with Gasteiger partial charge in [-0.25, -0.2) is 0 Å². The molecule has 20 heavy (non-hydrogen) atoms. The van der Waals surface area contributed by atoms with Gasteiger partial charge in [-0.1, -0.05) is 17.7 Å². The number of halogens is 1. The third-order valence-electron chi connectivity index (χ3n) is 3.82. The van der Waals surface area contributed by atoms with E-state index >= 15 is 0 Å². The molecule has 0 unspecified atom stereocenters. The summed E-state index contributed by atoms with van der Waals surface area (Å²) >= 11 is 6.13. The smallest absolute Gasteiger partial charge is 0.145 e. The van der Waals surface area contributed by atoms with Crippen LogP contribution in [-0.2, 0) is 6.42 Å². The average Bonchev–Trinajstić information content (AvgIpc) is 2.92. The molecule has 1 aromatic carbocycles. The van der Waals surface area contributed by atoms with E-state index in [2.05, 4.69) is 19.1 Å². The highest BCUT2D eigenvalue weighted by atomic mass is 35.5. The maximum Gasteiger partial charge on any atom is 0.145 e. The summed E-state index contributed by atoms with van der Waals surface area (Å²) in [6.45, 7) is 4.08. The van der Waals surface area contributed by atoms with Crippen LogP contribution >= 0.6 is 11.6 Å². The third kappa shape index (κ3) is 1.58. The fraction of sp³-hybridized carbons (Fsp3) is 0.176. The van der Waals surface area contributed by atoms with Crippen LogP contribution < -0.4 is 0 Å². The van der Waals surface area contributed by atoms with E-state index < -0.39 is 0 Å². The summed E-state index contributed by atoms with van der Waals surface area (Å²) in [5.74, 6) is 2.74. The van der Waals surface area contributed by atoms with Crippen molar-refractivity contribution in [2.24, 2.45) is 0 Å². The normalized spacial score (nSPS) is 13.8. The fourth-order valence-corrected chi connectivity index (χ4v) is 3.03. The zero-order chi connectivity index (χ0) is 13.9. The molecule has 3 heteroatoms. The second-order valence-electron chi connectivity index (χ2n) is 5.23. The molecular formula is C17H13ClO2. The third-order valence-corrected chi connectivity index (χ3v) is 4.06. The minimum absolute atomic E-state index is 0.708. The Hall–Kier alpha value is -1.93. The molecule has 0 saturated heterocycles. The molecule has 0 saturated carbocycles. The van der Waals surface area contributed by atoms with Crippen LogP contribution in [0.3, 0.4) is 0 Å². The van der Waals surface area contributed by atoms with Crippen LogP contribution in [-0.4, -0.2) is 0 Å². The van der Waals surface area contributed by atoms with E-state index in [9.17, 15) is 0 Å². The SMILES string of the molecule is CC1=CCc2oc3ccc(Cl)cc3c2-c2oc(C)cc21. The molecular weight excluding hydrogens is 272 g/mol. The Morgan fingerprint density at radius 3 is 2.80 bits per heavy atom. The van der Waals surface area contributed by atoms with Crippen molar-refractivity contribution in [3.8, 4) is 11.3 Å². The molecule has 0 bridgehead atoms. The Morgan fingerprint density at radius 2 is 1.95 bits per heavy atom. The van der Waals surface area contributed by atoms with Crippen LogP contribution in [0, 0.1) is 6.92 Å². The number of fused-ring (bicyclic) bond motifs is 5. The molecule has 0 aliphatic heterocycles. The monoisotopic (exact) mass is 284 g/mol. The van der Waals surface area contributed by atoms with Gasteiger partial charge in [0.25, 0.3) is 0 Å². The number of allylic oxidation sites excluding steroid dienone is 2. The lowest BCUT2D eigenvalue weighted by Crippen LogP contribution is -1.80. The Balaban J connectivity index is 2.14. The highest BCUT2D eigenvalue weighted by molar-refractivity contribution is 6.31. The largest absolute Gasteiger partial charge is 0.461 e. The van der Waals surface area contributed by atoms with Crippen molar-refractivity contribution >= 4 is 28.1 Å². The topological polar surface area (TPSA) is 26.3 Å². The number of benzene rings is 1. The molecule has 0 fully saturated rings. The van der Waals surface area contributed by atoms with Crippen LogP contribution in [0.2, 0.25) is 5.02 Å². The van der Waals surface area contributed by atoms with Crippen LogP contribution in [0.1, 0.15) is 24.0 Å². The van der Waals surface area contributed by atoms with Crippen molar-refractivity contribution in [1.29, 1.82) is 0 Å². The number of hydrogen-bond donors (Lipinski definition) is 0. The van der Waals surface area contributed by atoms with E-state index in [4.69, 9.17) is 20.4 Å². The van der Waals surface area contributed by atoms with E-state index in [1.807, 2.05) is 25.1 Å². The van der Waals surface area contributed by atoms with Crippen molar-refractivity contribution in [3.05, 3.63) is 52.4 Å². The molecule has 1 aliphatic rings. The first kappa shape index (κ1) is 11.9. The molecule has 0 spiro atoms. The highest BCUT2D eigenvalue weighted by Crippen LogP contribution is 2.43. The highest BCUT2D eigenvalue weighted by Gasteiger charge is 2.24. The van der Waals surface area contributed by atoms with Gasteiger partial charge < -0.3 is 8.83 Å². The van der Waals surface area contributed by atoms with Gasteiger partial charge in [-0.2, -0.15) is 0 Å². The zero-order valence-electron chi connectivity index (χ0n) is 11.3. The van der Waals surface area contributed by atoms with E-state index in [-0.39, 0.29) is 0 Å². The predicted octanol–water partition coefficient (Wildman–Crippen LogP) is 5.61. The molecule has 0 atom stereocenters. The van der Waals surface area contributed by atoms with Gasteiger partial charge in [0.1, 0.15) is 22.9 Å². The van der Waals surface area contributed by atoms with E-state index in [0.717, 1.165) is 45.8 Å². The van der Waals surface area contributed by atoms with Gasteiger partial charge in [-0.3, -0.25) is 0 Å². The van der Waals surface area contributed by atoms with Gasteiger partial charge in [-0.15, -0.1) is 0 Å². The molecule has 100 valence electrons. The second kappa shape index (κ2) is 4.03. The number of hydrogen-bond acceptors (Lipinski definition) is 2. The molecule has 3 aromatic rings. The Labute approximate surface area is 121 Å². The summed E-state index contributed by atoms with van der Waals surface area (Å²) in [5.41, 5.74) is 4.26. The Morgan fingerprint density at radius 1 is 1.10 bits per heavy atom. The maximum absolute atomic E-state index is 6.13. The molecule has 1 aliphatic carbocycles. The van der Waals surface area contributed by atoms with Crippen molar-refractivity contribution in [2.75, 3.05) is 0 Å². The van der Waals surface area contributed by atoms with Gasteiger partial charge in [0.2, 0.25) is 0 Å². The minimum atomic E-state index is 0.708. The second-order valence-corrected chi connectivity index (χ2v) is 5.67. The van der Waals surface area contributed by atoms with Crippen molar-refractivity contribution < 1.29 is 8.83 Å². The van der Waals surface area contributed by atoms with Crippen molar-refractivity contribution in [1.82, 2.24) is 0 Å². The molecule has 2 heterocycles. The summed E-state index contributed by atoms with van der Waals surface area (Å²) in [6.07, 6.45) is 2.96. The first-order valence-corrected chi connectivity index (χ1v) is 7.00. The van der Waals surface area contributed by atoms with Crippen LogP contribution in [0.15, 0.2) is 39.2 Å². The van der Waals surface area contributed by atoms with Gasteiger partial charge in [0.05, 0.1) is 5.56 Å². The summed E-state index contributed by atoms with van der Waals surface area (Å²) in [4.78, 5) is 0. The standard InChI is InChI=1S/C17H13ClO2/c1-9-3-5-15-16(17-12(9)7-10(2)19-17)13-8-11(18)4-6-14(13)20-15/h3-4,6-8H,5H2,1-2H3. The van der Waals surface area contributed by atoms with Crippen LogP contribution in [0.4, 0.5) is 0 Å². The quantitative estimate of drug-likeness (QED) is 0.536. The lowest BCUT2D eigenvalue weighted by Gasteiger charge is -2.00.